The fourth-order valence-corrected chi connectivity index (χ4v) is 2.15. The van der Waals surface area contributed by atoms with Gasteiger partial charge in [-0.15, -0.1) is 0 Å². The van der Waals surface area contributed by atoms with Crippen molar-refractivity contribution >= 4 is 17.7 Å². The van der Waals surface area contributed by atoms with E-state index in [0.717, 1.165) is 0 Å². The normalized spacial score (nSPS) is 21.0. The van der Waals surface area contributed by atoms with Crippen LogP contribution >= 0.6 is 0 Å². The summed E-state index contributed by atoms with van der Waals surface area (Å²) in [5.41, 5.74) is -0.369. The smallest absolute Gasteiger partial charge is 0.253 e. The fourth-order valence-electron chi connectivity index (χ4n) is 2.15. The van der Waals surface area contributed by atoms with Gasteiger partial charge >= 0.3 is 0 Å². The molecule has 2 rings (SSSR count). The van der Waals surface area contributed by atoms with Crippen LogP contribution in [0.1, 0.15) is 42.4 Å². The van der Waals surface area contributed by atoms with Crippen molar-refractivity contribution in [2.45, 2.75) is 32.9 Å². The van der Waals surface area contributed by atoms with Crippen LogP contribution in [0.2, 0.25) is 0 Å². The maximum Gasteiger partial charge on any atom is 0.253 e. The minimum atomic E-state index is -1.38. The van der Waals surface area contributed by atoms with E-state index in [1.807, 2.05) is 13.8 Å². The van der Waals surface area contributed by atoms with E-state index < -0.39 is 11.5 Å². The summed E-state index contributed by atoms with van der Waals surface area (Å²) in [5, 5.41) is 14.0. The lowest BCUT2D eigenvalue weighted by Gasteiger charge is -2.21. The van der Waals surface area contributed by atoms with Crippen molar-refractivity contribution in [2.75, 3.05) is 7.11 Å². The molecule has 2 heterocycles. The number of aromatic carboxylic acids is 1. The Bertz CT molecular complexity index is 654. The van der Waals surface area contributed by atoms with Crippen LogP contribution in [0.15, 0.2) is 17.3 Å². The van der Waals surface area contributed by atoms with Gasteiger partial charge in [0.1, 0.15) is 11.2 Å². The first-order valence-corrected chi connectivity index (χ1v) is 6.90. The van der Waals surface area contributed by atoms with Gasteiger partial charge in [-0.1, -0.05) is 13.8 Å². The molecule has 0 saturated heterocycles. The molecule has 7 nitrogen and oxygen atoms in total. The molecule has 1 N–H and O–H groups in total. The summed E-state index contributed by atoms with van der Waals surface area (Å²) < 4.78 is 4.96. The molecule has 1 aromatic heterocycles. The second-order valence-electron chi connectivity index (χ2n) is 5.68. The number of hydrogen-bond acceptors (Lipinski definition) is 6. The second-order valence-corrected chi connectivity index (χ2v) is 5.68. The first-order chi connectivity index (χ1) is 10.3. The zero-order valence-electron chi connectivity index (χ0n) is 13.0. The van der Waals surface area contributed by atoms with Gasteiger partial charge in [0.25, 0.3) is 5.91 Å². The lowest BCUT2D eigenvalue weighted by Crippen LogP contribution is -2.41. The summed E-state index contributed by atoms with van der Waals surface area (Å²) in [6.07, 6.45) is 1.49. The Hall–Kier alpha value is -2.28. The molecule has 1 atom stereocenters. The lowest BCUT2D eigenvalue weighted by molar-refractivity contribution is -0.255. The molecule has 0 radical (unpaired) electrons. The van der Waals surface area contributed by atoms with Crippen LogP contribution in [0.3, 0.4) is 0 Å². The van der Waals surface area contributed by atoms with E-state index in [4.69, 9.17) is 4.74 Å². The Morgan fingerprint density at radius 1 is 1.50 bits per heavy atom. The van der Waals surface area contributed by atoms with Crippen LogP contribution in [0.5, 0.6) is 0 Å². The van der Waals surface area contributed by atoms with Crippen molar-refractivity contribution in [1.29, 1.82) is 0 Å². The van der Waals surface area contributed by atoms with Gasteiger partial charge in [0.2, 0.25) is 0 Å². The number of amidine groups is 1. The molecule has 0 aliphatic carbocycles. The maximum atomic E-state index is 12.1. The van der Waals surface area contributed by atoms with Gasteiger partial charge in [-0.05, 0) is 24.5 Å². The number of carboxylic acid groups (broad SMARTS) is 1. The molecule has 0 aromatic carbocycles. The quantitative estimate of drug-likeness (QED) is 0.817. The molecule has 7 heteroatoms. The molecule has 1 unspecified atom stereocenters. The van der Waals surface area contributed by atoms with Crippen molar-refractivity contribution < 1.29 is 19.4 Å². The highest BCUT2D eigenvalue weighted by atomic mass is 16.5. The first kappa shape index (κ1) is 16.1. The van der Waals surface area contributed by atoms with Crippen LogP contribution in [-0.4, -0.2) is 35.3 Å². The third-order valence-corrected chi connectivity index (χ3v) is 3.86. The van der Waals surface area contributed by atoms with Gasteiger partial charge < -0.3 is 20.0 Å². The molecular formula is C15H18N3O4-. The monoisotopic (exact) mass is 304 g/mol. The molecule has 1 aromatic rings. The van der Waals surface area contributed by atoms with Gasteiger partial charge in [-0.3, -0.25) is 9.78 Å². The number of aromatic nitrogens is 1. The minimum absolute atomic E-state index is 0.0378. The van der Waals surface area contributed by atoms with Crippen LogP contribution in [0, 0.1) is 5.92 Å². The van der Waals surface area contributed by atoms with Crippen molar-refractivity contribution in [3.05, 3.63) is 29.1 Å². The highest BCUT2D eigenvalue weighted by molar-refractivity contribution is 6.17. The van der Waals surface area contributed by atoms with Gasteiger partial charge in [-0.2, -0.15) is 0 Å². The van der Waals surface area contributed by atoms with Gasteiger partial charge in [0.05, 0.1) is 12.6 Å². The fraction of sp³-hybridized carbons (Fsp3) is 0.467. The van der Waals surface area contributed by atoms with Gasteiger partial charge in [-0.25, -0.2) is 4.99 Å². The Morgan fingerprint density at radius 3 is 2.68 bits per heavy atom. The predicted octanol–water partition coefficient (Wildman–Crippen LogP) is -0.117. The number of hydrogen-bond donors (Lipinski definition) is 1. The third kappa shape index (κ3) is 2.71. The number of aliphatic imine (C=N–C) groups is 1. The Morgan fingerprint density at radius 2 is 2.18 bits per heavy atom. The summed E-state index contributed by atoms with van der Waals surface area (Å²) >= 11 is 0. The van der Waals surface area contributed by atoms with E-state index in [1.54, 1.807) is 6.92 Å². The first-order valence-electron chi connectivity index (χ1n) is 6.90. The zero-order valence-corrected chi connectivity index (χ0v) is 13.0. The average Bonchev–Trinajstić information content (AvgIpc) is 2.76. The SMILES string of the molecule is COCc1cnc(C2=NC(C)(C(C)C)C(=O)N2)c(C(=O)[O-])c1. The highest BCUT2D eigenvalue weighted by Gasteiger charge is 2.42. The maximum absolute atomic E-state index is 12.1. The van der Waals surface area contributed by atoms with Crippen LogP contribution < -0.4 is 10.4 Å². The molecule has 1 aliphatic rings. The standard InChI is InChI=1S/C15H19N3O4/c1-8(2)15(3)14(21)17-12(18-15)11-10(13(19)20)5-9(6-16-11)7-22-4/h5-6,8H,7H2,1-4H3,(H,19,20)(H,17,18,21)/p-1. The van der Waals surface area contributed by atoms with Crippen molar-refractivity contribution in [3.8, 4) is 0 Å². The summed E-state index contributed by atoms with van der Waals surface area (Å²) in [7, 11) is 1.50. The number of nitrogens with zero attached hydrogens (tertiary/aromatic N) is 2. The molecule has 0 saturated carbocycles. The number of carbonyl (C=O) groups excluding carboxylic acids is 2. The van der Waals surface area contributed by atoms with Crippen molar-refractivity contribution in [1.82, 2.24) is 10.3 Å². The predicted molar refractivity (Wildman–Crippen MR) is 77.2 cm³/mol. The van der Waals surface area contributed by atoms with Crippen LogP contribution in [-0.2, 0) is 16.1 Å². The van der Waals surface area contributed by atoms with E-state index in [0.29, 0.717) is 5.56 Å². The Kier molecular flexibility index (Phi) is 4.27. The molecule has 22 heavy (non-hydrogen) atoms. The van der Waals surface area contributed by atoms with Crippen molar-refractivity contribution in [3.63, 3.8) is 0 Å². The molecule has 0 fully saturated rings. The molecule has 1 aliphatic heterocycles. The summed E-state index contributed by atoms with van der Waals surface area (Å²) in [6, 6.07) is 1.42. The number of amides is 1. The summed E-state index contributed by atoms with van der Waals surface area (Å²) in [6.45, 7) is 5.69. The second kappa shape index (κ2) is 5.84. The number of nitrogens with one attached hydrogen (secondary N) is 1. The number of pyridine rings is 1. The zero-order chi connectivity index (χ0) is 16.5. The molecular weight excluding hydrogens is 286 g/mol. The average molecular weight is 304 g/mol. The van der Waals surface area contributed by atoms with Gasteiger partial charge in [0.15, 0.2) is 5.84 Å². The number of carboxylic acids is 1. The summed E-state index contributed by atoms with van der Waals surface area (Å²) in [4.78, 5) is 32.0. The molecule has 1 amide bonds. The van der Waals surface area contributed by atoms with Crippen LogP contribution in [0.4, 0.5) is 0 Å². The lowest BCUT2D eigenvalue weighted by atomic mass is 9.89. The topological polar surface area (TPSA) is 104 Å². The number of carbonyl (C=O) groups is 2. The Balaban J connectivity index is 2.49. The number of methoxy groups -OCH3 is 1. The van der Waals surface area contributed by atoms with E-state index >= 15 is 0 Å². The number of rotatable bonds is 5. The number of ether oxygens (including phenoxy) is 1. The van der Waals surface area contributed by atoms with E-state index in [1.165, 1.54) is 19.4 Å². The molecule has 0 bridgehead atoms. The van der Waals surface area contributed by atoms with Gasteiger partial charge in [0, 0.05) is 18.9 Å². The molecule has 0 spiro atoms. The van der Waals surface area contributed by atoms with E-state index in [2.05, 4.69) is 15.3 Å². The van der Waals surface area contributed by atoms with E-state index in [9.17, 15) is 14.7 Å². The highest BCUT2D eigenvalue weighted by Crippen LogP contribution is 2.27. The van der Waals surface area contributed by atoms with E-state index in [-0.39, 0.29) is 35.5 Å². The minimum Gasteiger partial charge on any atom is -0.545 e. The largest absolute Gasteiger partial charge is 0.545 e. The Labute approximate surface area is 128 Å². The summed E-state index contributed by atoms with van der Waals surface area (Å²) in [5.74, 6) is -1.53. The van der Waals surface area contributed by atoms with Crippen molar-refractivity contribution in [2.24, 2.45) is 10.9 Å². The molecule has 118 valence electrons. The third-order valence-electron chi connectivity index (χ3n) is 3.86. The van der Waals surface area contributed by atoms with Crippen LogP contribution in [0.25, 0.3) is 0 Å².